The van der Waals surface area contributed by atoms with Crippen LogP contribution in [0, 0.1) is 12.3 Å². The van der Waals surface area contributed by atoms with Gasteiger partial charge >= 0.3 is 0 Å². The summed E-state index contributed by atoms with van der Waals surface area (Å²) in [7, 11) is 0. The van der Waals surface area contributed by atoms with Gasteiger partial charge in [-0.3, -0.25) is 4.79 Å². The number of carbonyl (C=O) groups excluding carboxylic acids is 1. The van der Waals surface area contributed by atoms with E-state index >= 15 is 0 Å². The Balaban J connectivity index is 1.89. The molecular formula is C11H15N2O2. The van der Waals surface area contributed by atoms with Crippen molar-refractivity contribution in [2.24, 2.45) is 5.92 Å². The zero-order valence-corrected chi connectivity index (χ0v) is 8.69. The first-order chi connectivity index (χ1) is 7.25. The van der Waals surface area contributed by atoms with Crippen LogP contribution in [0.5, 0.6) is 0 Å². The summed E-state index contributed by atoms with van der Waals surface area (Å²) in [5, 5.41) is 6.20. The Morgan fingerprint density at radius 3 is 3.13 bits per heavy atom. The molecule has 2 heterocycles. The van der Waals surface area contributed by atoms with Crippen molar-refractivity contribution in [3.63, 3.8) is 0 Å². The minimum Gasteiger partial charge on any atom is -0.472 e. The number of hydrogen-bond donors (Lipinski definition) is 2. The van der Waals surface area contributed by atoms with Crippen LogP contribution >= 0.6 is 0 Å². The molecule has 1 aliphatic rings. The molecule has 2 rings (SSSR count). The monoisotopic (exact) mass is 207 g/mol. The van der Waals surface area contributed by atoms with Gasteiger partial charge in [-0.15, -0.1) is 0 Å². The quantitative estimate of drug-likeness (QED) is 0.755. The molecule has 1 aromatic heterocycles. The summed E-state index contributed by atoms with van der Waals surface area (Å²) in [5.41, 5.74) is 0.571. The third-order valence-corrected chi connectivity index (χ3v) is 2.49. The summed E-state index contributed by atoms with van der Waals surface area (Å²) in [4.78, 5) is 11.7. The zero-order valence-electron chi connectivity index (χ0n) is 8.69. The van der Waals surface area contributed by atoms with Crippen molar-refractivity contribution in [1.82, 2.24) is 10.6 Å². The van der Waals surface area contributed by atoms with E-state index < -0.39 is 0 Å². The Morgan fingerprint density at radius 1 is 1.60 bits per heavy atom. The highest BCUT2D eigenvalue weighted by atomic mass is 16.3. The van der Waals surface area contributed by atoms with E-state index in [-0.39, 0.29) is 11.9 Å². The second-order valence-corrected chi connectivity index (χ2v) is 3.92. The van der Waals surface area contributed by atoms with E-state index in [0.29, 0.717) is 11.5 Å². The average Bonchev–Trinajstić information content (AvgIpc) is 2.70. The molecule has 1 amide bonds. The Kier molecular flexibility index (Phi) is 3.06. The molecule has 2 atom stereocenters. The van der Waals surface area contributed by atoms with Crippen LogP contribution in [-0.4, -0.2) is 25.0 Å². The number of hydrogen-bond acceptors (Lipinski definition) is 3. The highest BCUT2D eigenvalue weighted by Crippen LogP contribution is 2.09. The molecule has 81 valence electrons. The van der Waals surface area contributed by atoms with E-state index in [1.807, 2.05) is 0 Å². The van der Waals surface area contributed by atoms with E-state index in [1.54, 1.807) is 6.07 Å². The molecule has 4 nitrogen and oxygen atoms in total. The molecule has 1 aliphatic heterocycles. The number of rotatable bonds is 2. The van der Waals surface area contributed by atoms with Gasteiger partial charge in [0.2, 0.25) is 0 Å². The molecule has 0 bridgehead atoms. The topological polar surface area (TPSA) is 54.3 Å². The highest BCUT2D eigenvalue weighted by molar-refractivity contribution is 5.94. The minimum absolute atomic E-state index is 0.0825. The SMILES string of the molecule is CC1[CH]C(NC(=O)c2ccoc2)CNC1. The molecule has 1 radical (unpaired) electrons. The smallest absolute Gasteiger partial charge is 0.254 e. The summed E-state index contributed by atoms with van der Waals surface area (Å²) in [6.07, 6.45) is 5.11. The van der Waals surface area contributed by atoms with Crippen LogP contribution in [0.15, 0.2) is 23.0 Å². The number of piperidine rings is 1. The van der Waals surface area contributed by atoms with Crippen molar-refractivity contribution in [3.05, 3.63) is 30.6 Å². The maximum absolute atomic E-state index is 11.7. The lowest BCUT2D eigenvalue weighted by atomic mass is 9.97. The van der Waals surface area contributed by atoms with Crippen LogP contribution in [0.25, 0.3) is 0 Å². The number of amides is 1. The van der Waals surface area contributed by atoms with Crippen LogP contribution in [0.1, 0.15) is 17.3 Å². The Morgan fingerprint density at radius 2 is 2.47 bits per heavy atom. The molecule has 0 aromatic carbocycles. The van der Waals surface area contributed by atoms with Crippen LogP contribution in [0.2, 0.25) is 0 Å². The first kappa shape index (κ1) is 10.2. The fraction of sp³-hybridized carbons (Fsp3) is 0.455. The standard InChI is InChI=1S/C11H15N2O2/c1-8-4-10(6-12-5-8)13-11(14)9-2-3-15-7-9/h2-4,7-8,10,12H,5-6H2,1H3,(H,13,14). The fourth-order valence-electron chi connectivity index (χ4n) is 1.74. The van der Waals surface area contributed by atoms with Gasteiger partial charge in [0.1, 0.15) is 6.26 Å². The predicted octanol–water partition coefficient (Wildman–Crippen LogP) is 0.822. The maximum atomic E-state index is 11.7. The van der Waals surface area contributed by atoms with Gasteiger partial charge < -0.3 is 15.1 Å². The van der Waals surface area contributed by atoms with Crippen molar-refractivity contribution in [1.29, 1.82) is 0 Å². The van der Waals surface area contributed by atoms with Crippen molar-refractivity contribution in [3.8, 4) is 0 Å². The van der Waals surface area contributed by atoms with Gasteiger partial charge in [0.25, 0.3) is 5.91 Å². The summed E-state index contributed by atoms with van der Waals surface area (Å²) >= 11 is 0. The van der Waals surface area contributed by atoms with E-state index in [0.717, 1.165) is 13.1 Å². The molecule has 0 spiro atoms. The summed E-state index contributed by atoms with van der Waals surface area (Å²) in [5.74, 6) is 0.411. The van der Waals surface area contributed by atoms with Gasteiger partial charge in [-0.1, -0.05) is 6.92 Å². The third-order valence-electron chi connectivity index (χ3n) is 2.49. The van der Waals surface area contributed by atoms with Gasteiger partial charge in [0.05, 0.1) is 11.8 Å². The van der Waals surface area contributed by atoms with Crippen LogP contribution in [-0.2, 0) is 0 Å². The zero-order chi connectivity index (χ0) is 10.7. The Hall–Kier alpha value is -1.29. The first-order valence-corrected chi connectivity index (χ1v) is 5.14. The number of nitrogens with one attached hydrogen (secondary N) is 2. The van der Waals surface area contributed by atoms with Gasteiger partial charge in [-0.25, -0.2) is 0 Å². The lowest BCUT2D eigenvalue weighted by Crippen LogP contribution is -2.48. The van der Waals surface area contributed by atoms with Crippen LogP contribution in [0.3, 0.4) is 0 Å². The predicted molar refractivity (Wildman–Crippen MR) is 56.3 cm³/mol. The van der Waals surface area contributed by atoms with Gasteiger partial charge in [-0.05, 0) is 24.9 Å². The second kappa shape index (κ2) is 4.49. The van der Waals surface area contributed by atoms with E-state index in [1.165, 1.54) is 12.5 Å². The lowest BCUT2D eigenvalue weighted by Gasteiger charge is -2.27. The van der Waals surface area contributed by atoms with E-state index in [9.17, 15) is 4.79 Å². The number of furan rings is 1. The maximum Gasteiger partial charge on any atom is 0.254 e. The normalized spacial score (nSPS) is 26.2. The summed E-state index contributed by atoms with van der Waals surface area (Å²) in [6, 6.07) is 1.77. The van der Waals surface area contributed by atoms with Crippen molar-refractivity contribution in [2.45, 2.75) is 13.0 Å². The van der Waals surface area contributed by atoms with Gasteiger partial charge in [0.15, 0.2) is 0 Å². The van der Waals surface area contributed by atoms with Crippen LogP contribution < -0.4 is 10.6 Å². The van der Waals surface area contributed by atoms with E-state index in [2.05, 4.69) is 24.0 Å². The highest BCUT2D eigenvalue weighted by Gasteiger charge is 2.20. The Labute approximate surface area is 89.0 Å². The van der Waals surface area contributed by atoms with Gasteiger partial charge in [-0.2, -0.15) is 0 Å². The molecule has 1 fully saturated rings. The van der Waals surface area contributed by atoms with Gasteiger partial charge in [0, 0.05) is 12.6 Å². The molecule has 1 saturated heterocycles. The molecule has 4 heteroatoms. The first-order valence-electron chi connectivity index (χ1n) is 5.14. The summed E-state index contributed by atoms with van der Waals surface area (Å²) < 4.78 is 4.86. The molecule has 15 heavy (non-hydrogen) atoms. The molecule has 2 unspecified atom stereocenters. The number of carbonyl (C=O) groups is 1. The Bertz CT molecular complexity index is 321. The van der Waals surface area contributed by atoms with Crippen molar-refractivity contribution >= 4 is 5.91 Å². The minimum atomic E-state index is -0.0825. The lowest BCUT2D eigenvalue weighted by molar-refractivity contribution is 0.0936. The van der Waals surface area contributed by atoms with Crippen molar-refractivity contribution < 1.29 is 9.21 Å². The molecule has 0 aliphatic carbocycles. The van der Waals surface area contributed by atoms with Crippen LogP contribution in [0.4, 0.5) is 0 Å². The third kappa shape index (κ3) is 2.59. The average molecular weight is 207 g/mol. The summed E-state index contributed by atoms with van der Waals surface area (Å²) in [6.45, 7) is 3.91. The largest absolute Gasteiger partial charge is 0.472 e. The molecule has 0 saturated carbocycles. The fourth-order valence-corrected chi connectivity index (χ4v) is 1.74. The van der Waals surface area contributed by atoms with E-state index in [4.69, 9.17) is 4.42 Å². The second-order valence-electron chi connectivity index (χ2n) is 3.92. The molecule has 2 N–H and O–H groups in total. The molecule has 1 aromatic rings. The van der Waals surface area contributed by atoms with Crippen molar-refractivity contribution in [2.75, 3.05) is 13.1 Å². The molecular weight excluding hydrogens is 192 g/mol.